The maximum Gasteiger partial charge on any atom is 0.352 e. The molecule has 0 aromatic heterocycles. The quantitative estimate of drug-likeness (QED) is 0.520. The smallest absolute Gasteiger partial charge is 0.352 e. The number of hydrogen-bond donors (Lipinski definition) is 4. The molecular formula is C18H21N3O5. The van der Waals surface area contributed by atoms with Crippen LogP contribution in [0.3, 0.4) is 0 Å². The summed E-state index contributed by atoms with van der Waals surface area (Å²) < 4.78 is 0. The Kier molecular flexibility index (Phi) is 4.69. The van der Waals surface area contributed by atoms with Crippen molar-refractivity contribution in [1.82, 2.24) is 4.90 Å². The third-order valence-corrected chi connectivity index (χ3v) is 4.86. The number of carboxylic acid groups (broad SMARTS) is 1. The van der Waals surface area contributed by atoms with Crippen LogP contribution >= 0.6 is 0 Å². The lowest BCUT2D eigenvalue weighted by Gasteiger charge is -2.44. The van der Waals surface area contributed by atoms with Gasteiger partial charge in [-0.05, 0) is 36.6 Å². The zero-order valence-corrected chi connectivity index (χ0v) is 14.3. The van der Waals surface area contributed by atoms with Crippen molar-refractivity contribution in [3.05, 3.63) is 35.5 Å². The van der Waals surface area contributed by atoms with Gasteiger partial charge in [0.05, 0.1) is 18.1 Å². The van der Waals surface area contributed by atoms with Crippen molar-refractivity contribution in [3.63, 3.8) is 0 Å². The van der Waals surface area contributed by atoms with Crippen LogP contribution in [0.2, 0.25) is 0 Å². The number of carbonyl (C=O) groups excluding carboxylic acids is 2. The zero-order chi connectivity index (χ0) is 19.0. The van der Waals surface area contributed by atoms with Gasteiger partial charge in [-0.1, -0.05) is 12.1 Å². The van der Waals surface area contributed by atoms with E-state index in [1.807, 2.05) is 0 Å². The predicted octanol–water partition coefficient (Wildman–Crippen LogP) is 0.381. The van der Waals surface area contributed by atoms with Crippen molar-refractivity contribution in [3.8, 4) is 0 Å². The van der Waals surface area contributed by atoms with E-state index in [-0.39, 0.29) is 24.1 Å². The molecule has 2 aliphatic rings. The molecule has 2 amide bonds. The van der Waals surface area contributed by atoms with Crippen molar-refractivity contribution in [2.75, 3.05) is 11.9 Å². The number of amides is 2. The van der Waals surface area contributed by atoms with E-state index in [2.05, 4.69) is 5.32 Å². The molecule has 0 radical (unpaired) electrons. The Labute approximate surface area is 150 Å². The standard InChI is InChI=1S/C18H21N3O5/c1-9(22)15-13-8-12(16(18(25)26)21(13)17(15)24)10-2-4-11(5-3-10)20-7-6-14(19)23/h2-5,9,13,15,20,22H,6-8H2,1H3,(H2,19,23)(H,25,26)/t9-,13-,15-/m1/s1. The summed E-state index contributed by atoms with van der Waals surface area (Å²) in [6.45, 7) is 1.96. The molecule has 0 spiro atoms. The molecule has 2 aliphatic heterocycles. The number of aliphatic carboxylic acids is 1. The molecule has 0 unspecified atom stereocenters. The second-order valence-electron chi connectivity index (χ2n) is 6.60. The van der Waals surface area contributed by atoms with Gasteiger partial charge in [-0.2, -0.15) is 0 Å². The van der Waals surface area contributed by atoms with Crippen molar-refractivity contribution < 1.29 is 24.6 Å². The number of aliphatic hydroxyl groups is 1. The molecule has 3 rings (SSSR count). The highest BCUT2D eigenvalue weighted by Crippen LogP contribution is 2.46. The topological polar surface area (TPSA) is 133 Å². The Morgan fingerprint density at radius 3 is 2.54 bits per heavy atom. The third-order valence-electron chi connectivity index (χ3n) is 4.86. The molecule has 0 aliphatic carbocycles. The summed E-state index contributed by atoms with van der Waals surface area (Å²) in [6.07, 6.45) is -0.192. The first-order chi connectivity index (χ1) is 12.3. The minimum absolute atomic E-state index is 0.00802. The Morgan fingerprint density at radius 2 is 2.00 bits per heavy atom. The predicted molar refractivity (Wildman–Crippen MR) is 93.7 cm³/mol. The minimum Gasteiger partial charge on any atom is -0.477 e. The number of fused-ring (bicyclic) bond motifs is 1. The number of benzene rings is 1. The van der Waals surface area contributed by atoms with Crippen LogP contribution in [0.4, 0.5) is 5.69 Å². The van der Waals surface area contributed by atoms with E-state index in [9.17, 15) is 24.6 Å². The molecule has 8 heteroatoms. The first-order valence-electron chi connectivity index (χ1n) is 8.41. The Hall–Kier alpha value is -2.87. The summed E-state index contributed by atoms with van der Waals surface area (Å²) >= 11 is 0. The Bertz CT molecular complexity index is 785. The highest BCUT2D eigenvalue weighted by Gasteiger charge is 2.56. The van der Waals surface area contributed by atoms with Gasteiger partial charge in [-0.15, -0.1) is 0 Å². The summed E-state index contributed by atoms with van der Waals surface area (Å²) in [5, 5.41) is 22.4. The number of rotatable bonds is 7. The van der Waals surface area contributed by atoms with E-state index in [1.54, 1.807) is 31.2 Å². The van der Waals surface area contributed by atoms with Crippen LogP contribution in [0.5, 0.6) is 0 Å². The van der Waals surface area contributed by atoms with E-state index in [1.165, 1.54) is 4.90 Å². The largest absolute Gasteiger partial charge is 0.477 e. The highest BCUT2D eigenvalue weighted by molar-refractivity contribution is 6.06. The Morgan fingerprint density at radius 1 is 1.35 bits per heavy atom. The molecule has 8 nitrogen and oxygen atoms in total. The summed E-state index contributed by atoms with van der Waals surface area (Å²) in [4.78, 5) is 36.0. The molecule has 0 bridgehead atoms. The maximum atomic E-state index is 12.2. The van der Waals surface area contributed by atoms with E-state index in [0.29, 0.717) is 18.5 Å². The van der Waals surface area contributed by atoms with Gasteiger partial charge in [0.2, 0.25) is 11.8 Å². The molecular weight excluding hydrogens is 338 g/mol. The minimum atomic E-state index is -1.15. The van der Waals surface area contributed by atoms with Crippen LogP contribution in [0.25, 0.3) is 5.57 Å². The number of nitrogens with zero attached hydrogens (tertiary/aromatic N) is 1. The molecule has 1 aromatic rings. The summed E-state index contributed by atoms with van der Waals surface area (Å²) in [5.41, 5.74) is 7.17. The van der Waals surface area contributed by atoms with Crippen LogP contribution in [0, 0.1) is 5.92 Å². The lowest BCUT2D eigenvalue weighted by molar-refractivity contribution is -0.161. The number of primary amides is 1. The number of aliphatic hydroxyl groups excluding tert-OH is 1. The number of nitrogens with one attached hydrogen (secondary N) is 1. The molecule has 138 valence electrons. The van der Waals surface area contributed by atoms with Gasteiger partial charge in [-0.25, -0.2) is 4.79 Å². The van der Waals surface area contributed by atoms with Gasteiger partial charge in [0.25, 0.3) is 0 Å². The molecule has 1 aromatic carbocycles. The van der Waals surface area contributed by atoms with Crippen LogP contribution in [0.1, 0.15) is 25.3 Å². The van der Waals surface area contributed by atoms with E-state index >= 15 is 0 Å². The lowest BCUT2D eigenvalue weighted by atomic mass is 9.82. The summed E-state index contributed by atoms with van der Waals surface area (Å²) in [5.74, 6) is -2.44. The van der Waals surface area contributed by atoms with Crippen molar-refractivity contribution in [2.45, 2.75) is 31.9 Å². The normalized spacial score (nSPS) is 22.7. The van der Waals surface area contributed by atoms with Gasteiger partial charge < -0.3 is 26.2 Å². The van der Waals surface area contributed by atoms with E-state index < -0.39 is 23.9 Å². The van der Waals surface area contributed by atoms with Gasteiger partial charge >= 0.3 is 5.97 Å². The first kappa shape index (κ1) is 17.9. The third kappa shape index (κ3) is 3.03. The van der Waals surface area contributed by atoms with Crippen LogP contribution in [0.15, 0.2) is 30.0 Å². The van der Waals surface area contributed by atoms with Crippen molar-refractivity contribution >= 4 is 29.0 Å². The Balaban J connectivity index is 1.81. The maximum absolute atomic E-state index is 12.2. The average molecular weight is 359 g/mol. The van der Waals surface area contributed by atoms with Crippen LogP contribution < -0.4 is 11.1 Å². The number of anilines is 1. The van der Waals surface area contributed by atoms with E-state index in [0.717, 1.165) is 11.3 Å². The number of nitrogens with two attached hydrogens (primary N) is 1. The average Bonchev–Trinajstić information content (AvgIpc) is 2.90. The molecule has 1 fully saturated rings. The molecule has 26 heavy (non-hydrogen) atoms. The molecule has 0 saturated carbocycles. The van der Waals surface area contributed by atoms with Gasteiger partial charge in [0.1, 0.15) is 5.70 Å². The fourth-order valence-electron chi connectivity index (χ4n) is 3.65. The first-order valence-corrected chi connectivity index (χ1v) is 8.41. The van der Waals surface area contributed by atoms with Gasteiger partial charge in [-0.3, -0.25) is 9.59 Å². The summed E-state index contributed by atoms with van der Waals surface area (Å²) in [6, 6.07) is 6.81. The lowest BCUT2D eigenvalue weighted by Crippen LogP contribution is -2.61. The number of β-lactam (4-membered cyclic amide) rings is 1. The molecule has 5 N–H and O–H groups in total. The van der Waals surface area contributed by atoms with Crippen LogP contribution in [-0.2, 0) is 14.4 Å². The fourth-order valence-corrected chi connectivity index (χ4v) is 3.65. The highest BCUT2D eigenvalue weighted by atomic mass is 16.4. The summed E-state index contributed by atoms with van der Waals surface area (Å²) in [7, 11) is 0. The number of carbonyl (C=O) groups is 3. The second kappa shape index (κ2) is 6.80. The van der Waals surface area contributed by atoms with Gasteiger partial charge in [0.15, 0.2) is 0 Å². The fraction of sp³-hybridized carbons (Fsp3) is 0.389. The number of hydrogen-bond acceptors (Lipinski definition) is 5. The SMILES string of the molecule is C[C@@H](O)[C@H]1C(=O)N2C(C(=O)O)=C(c3ccc(NCCC(N)=O)cc3)C[C@H]12. The van der Waals surface area contributed by atoms with Crippen molar-refractivity contribution in [2.24, 2.45) is 11.7 Å². The second-order valence-corrected chi connectivity index (χ2v) is 6.60. The monoisotopic (exact) mass is 359 g/mol. The van der Waals surface area contributed by atoms with Gasteiger partial charge in [0, 0.05) is 18.7 Å². The van der Waals surface area contributed by atoms with E-state index in [4.69, 9.17) is 5.73 Å². The zero-order valence-electron chi connectivity index (χ0n) is 14.3. The number of carboxylic acids is 1. The van der Waals surface area contributed by atoms with Crippen molar-refractivity contribution in [1.29, 1.82) is 0 Å². The molecule has 1 saturated heterocycles. The van der Waals surface area contributed by atoms with Crippen LogP contribution in [-0.4, -0.2) is 51.6 Å². The molecule has 3 atom stereocenters. The molecule has 2 heterocycles.